The largest absolute Gasteiger partial charge is 0.480 e. The molecule has 10 nitrogen and oxygen atoms in total. The van der Waals surface area contributed by atoms with Gasteiger partial charge in [-0.1, -0.05) is 36.4 Å². The molecule has 36 heavy (non-hydrogen) atoms. The number of amides is 2. The molecule has 2 aromatic heterocycles. The standard InChI is InChI=1S/C26H29N5O5/c1-14(32)23(31-24(33)19(27)10-15-12-28-20-8-4-2-6-17(15)20)25(34)30-22(26(35)36)11-16-13-29-21-9-5-3-7-18(16)21/h2-9,12-14,19,22-23,28-29,32H,10-11,27H2,1H3,(H,30,34)(H,31,33)(H,35,36)/t14-,19+,22+,23+/m1/s1. The molecule has 0 spiro atoms. The van der Waals surface area contributed by atoms with E-state index in [2.05, 4.69) is 20.6 Å². The highest BCUT2D eigenvalue weighted by molar-refractivity contribution is 5.93. The summed E-state index contributed by atoms with van der Waals surface area (Å²) in [4.78, 5) is 43.8. The predicted octanol–water partition coefficient (Wildman–Crippen LogP) is 1.20. The molecule has 2 aromatic carbocycles. The number of aliphatic hydroxyl groups is 1. The number of carboxylic acids is 1. The van der Waals surface area contributed by atoms with Crippen molar-refractivity contribution in [2.45, 2.75) is 44.0 Å². The van der Waals surface area contributed by atoms with Crippen molar-refractivity contribution in [3.8, 4) is 0 Å². The van der Waals surface area contributed by atoms with Crippen LogP contribution in [0.25, 0.3) is 21.8 Å². The van der Waals surface area contributed by atoms with Crippen LogP contribution in [0.2, 0.25) is 0 Å². The third kappa shape index (κ3) is 5.40. The number of nitrogens with two attached hydrogens (primary N) is 1. The zero-order valence-electron chi connectivity index (χ0n) is 19.7. The predicted molar refractivity (Wildman–Crippen MR) is 135 cm³/mol. The van der Waals surface area contributed by atoms with Gasteiger partial charge in [-0.2, -0.15) is 0 Å². The molecule has 0 aliphatic carbocycles. The van der Waals surface area contributed by atoms with Crippen molar-refractivity contribution < 1.29 is 24.6 Å². The van der Waals surface area contributed by atoms with Crippen LogP contribution >= 0.6 is 0 Å². The average molecular weight is 492 g/mol. The smallest absolute Gasteiger partial charge is 0.326 e. The molecule has 0 fully saturated rings. The van der Waals surface area contributed by atoms with Crippen LogP contribution in [0, 0.1) is 0 Å². The summed E-state index contributed by atoms with van der Waals surface area (Å²) < 4.78 is 0. The average Bonchev–Trinajstić information content (AvgIpc) is 3.46. The number of aromatic nitrogens is 2. The molecular formula is C26H29N5O5. The molecule has 188 valence electrons. The highest BCUT2D eigenvalue weighted by Crippen LogP contribution is 2.20. The monoisotopic (exact) mass is 491 g/mol. The molecule has 8 N–H and O–H groups in total. The molecule has 0 saturated carbocycles. The van der Waals surface area contributed by atoms with Crippen LogP contribution < -0.4 is 16.4 Å². The zero-order valence-corrected chi connectivity index (χ0v) is 19.7. The number of aliphatic hydroxyl groups excluding tert-OH is 1. The number of para-hydroxylation sites is 2. The summed E-state index contributed by atoms with van der Waals surface area (Å²) >= 11 is 0. The molecule has 2 heterocycles. The van der Waals surface area contributed by atoms with Crippen LogP contribution in [0.1, 0.15) is 18.1 Å². The lowest BCUT2D eigenvalue weighted by atomic mass is 10.0. The Hall–Kier alpha value is -4.15. The normalized spacial score (nSPS) is 14.8. The third-order valence-electron chi connectivity index (χ3n) is 6.23. The lowest BCUT2D eigenvalue weighted by Crippen LogP contribution is -2.58. The minimum atomic E-state index is -1.38. The highest BCUT2D eigenvalue weighted by atomic mass is 16.4. The SMILES string of the molecule is C[C@@H](O)[C@H](NC(=O)[C@@H](N)Cc1c[nH]c2ccccc12)C(=O)N[C@@H](Cc1c[nH]c2ccccc12)C(=O)O. The van der Waals surface area contributed by atoms with Crippen molar-refractivity contribution in [1.29, 1.82) is 0 Å². The Morgan fingerprint density at radius 1 is 0.861 bits per heavy atom. The first-order valence-corrected chi connectivity index (χ1v) is 11.6. The van der Waals surface area contributed by atoms with Crippen LogP contribution in [-0.4, -0.2) is 62.2 Å². The van der Waals surface area contributed by atoms with Gasteiger partial charge >= 0.3 is 5.97 Å². The van der Waals surface area contributed by atoms with Crippen LogP contribution in [0.5, 0.6) is 0 Å². The summed E-state index contributed by atoms with van der Waals surface area (Å²) in [6.07, 6.45) is 2.42. The maximum Gasteiger partial charge on any atom is 0.326 e. The number of carboxylic acid groups (broad SMARTS) is 1. The van der Waals surface area contributed by atoms with Gasteiger partial charge in [0, 0.05) is 40.6 Å². The summed E-state index contributed by atoms with van der Waals surface area (Å²) in [7, 11) is 0. The topological polar surface area (TPSA) is 173 Å². The second kappa shape index (κ2) is 10.6. The number of fused-ring (bicyclic) bond motifs is 2. The van der Waals surface area contributed by atoms with Crippen molar-refractivity contribution in [2.24, 2.45) is 5.73 Å². The number of benzene rings is 2. The summed E-state index contributed by atoms with van der Waals surface area (Å²) in [6.45, 7) is 1.34. The van der Waals surface area contributed by atoms with Gasteiger partial charge in [-0.3, -0.25) is 9.59 Å². The first-order chi connectivity index (χ1) is 17.2. The van der Waals surface area contributed by atoms with E-state index in [-0.39, 0.29) is 12.8 Å². The van der Waals surface area contributed by atoms with Gasteiger partial charge in [-0.05, 0) is 36.6 Å². The maximum absolute atomic E-state index is 12.9. The molecule has 4 rings (SSSR count). The van der Waals surface area contributed by atoms with Crippen LogP contribution in [0.15, 0.2) is 60.9 Å². The Morgan fingerprint density at radius 2 is 1.39 bits per heavy atom. The van der Waals surface area contributed by atoms with Crippen molar-refractivity contribution in [1.82, 2.24) is 20.6 Å². The zero-order chi connectivity index (χ0) is 25.8. The fourth-order valence-corrected chi connectivity index (χ4v) is 4.28. The molecule has 4 atom stereocenters. The second-order valence-corrected chi connectivity index (χ2v) is 8.86. The van der Waals surface area contributed by atoms with E-state index >= 15 is 0 Å². The van der Waals surface area contributed by atoms with Gasteiger partial charge in [-0.25, -0.2) is 4.79 Å². The molecule has 0 saturated heterocycles. The number of aliphatic carboxylic acids is 1. The minimum Gasteiger partial charge on any atom is -0.480 e. The second-order valence-electron chi connectivity index (χ2n) is 8.86. The fraction of sp³-hybridized carbons (Fsp3) is 0.269. The number of nitrogens with one attached hydrogen (secondary N) is 4. The van der Waals surface area contributed by atoms with E-state index in [0.29, 0.717) is 0 Å². The van der Waals surface area contributed by atoms with Gasteiger partial charge in [0.15, 0.2) is 0 Å². The van der Waals surface area contributed by atoms with Gasteiger partial charge in [0.2, 0.25) is 11.8 Å². The Balaban J connectivity index is 1.42. The quantitative estimate of drug-likeness (QED) is 0.175. The lowest BCUT2D eigenvalue weighted by molar-refractivity contribution is -0.142. The van der Waals surface area contributed by atoms with Gasteiger partial charge in [-0.15, -0.1) is 0 Å². The summed E-state index contributed by atoms with van der Waals surface area (Å²) in [6, 6.07) is 11.4. The Morgan fingerprint density at radius 3 is 1.92 bits per heavy atom. The van der Waals surface area contributed by atoms with Crippen LogP contribution in [0.4, 0.5) is 0 Å². The molecule has 0 aliphatic rings. The number of carbonyl (C=O) groups is 3. The minimum absolute atomic E-state index is 0.0195. The van der Waals surface area contributed by atoms with E-state index in [9.17, 15) is 24.6 Å². The molecule has 4 aromatic rings. The first kappa shape index (κ1) is 25.0. The summed E-state index contributed by atoms with van der Waals surface area (Å²) in [5, 5.41) is 26.6. The molecular weight excluding hydrogens is 462 g/mol. The molecule has 0 unspecified atom stereocenters. The Kier molecular flexibility index (Phi) is 7.37. The van der Waals surface area contributed by atoms with Crippen molar-refractivity contribution in [3.05, 3.63) is 72.1 Å². The summed E-state index contributed by atoms with van der Waals surface area (Å²) in [5.74, 6) is -2.69. The highest BCUT2D eigenvalue weighted by Gasteiger charge is 2.31. The maximum atomic E-state index is 12.9. The van der Waals surface area contributed by atoms with Gasteiger partial charge in [0.25, 0.3) is 0 Å². The number of H-pyrrole nitrogens is 2. The first-order valence-electron chi connectivity index (χ1n) is 11.6. The number of hydrogen-bond acceptors (Lipinski definition) is 5. The van der Waals surface area contributed by atoms with E-state index in [4.69, 9.17) is 5.73 Å². The van der Waals surface area contributed by atoms with Gasteiger partial charge in [0.05, 0.1) is 12.1 Å². The number of rotatable bonds is 10. The molecule has 0 bridgehead atoms. The third-order valence-corrected chi connectivity index (χ3v) is 6.23. The number of aromatic amines is 2. The van der Waals surface area contributed by atoms with Crippen molar-refractivity contribution >= 4 is 39.6 Å². The fourth-order valence-electron chi connectivity index (χ4n) is 4.28. The van der Waals surface area contributed by atoms with Crippen LogP contribution in [-0.2, 0) is 27.2 Å². The number of carbonyl (C=O) groups excluding carboxylic acids is 2. The molecule has 10 heteroatoms. The van der Waals surface area contributed by atoms with Crippen molar-refractivity contribution in [2.75, 3.05) is 0 Å². The van der Waals surface area contributed by atoms with E-state index in [0.717, 1.165) is 32.9 Å². The molecule has 2 amide bonds. The summed E-state index contributed by atoms with van der Waals surface area (Å²) in [5.41, 5.74) is 9.43. The Labute approximate surface area is 206 Å². The van der Waals surface area contributed by atoms with Gasteiger partial charge < -0.3 is 36.5 Å². The van der Waals surface area contributed by atoms with Crippen molar-refractivity contribution in [3.63, 3.8) is 0 Å². The van der Waals surface area contributed by atoms with E-state index < -0.39 is 42.0 Å². The molecule has 0 radical (unpaired) electrons. The molecule has 0 aliphatic heterocycles. The van der Waals surface area contributed by atoms with Crippen LogP contribution in [0.3, 0.4) is 0 Å². The van der Waals surface area contributed by atoms with Gasteiger partial charge in [0.1, 0.15) is 12.1 Å². The lowest BCUT2D eigenvalue weighted by Gasteiger charge is -2.24. The Bertz CT molecular complexity index is 1390. The van der Waals surface area contributed by atoms with E-state index in [1.807, 2.05) is 48.5 Å². The van der Waals surface area contributed by atoms with E-state index in [1.165, 1.54) is 6.92 Å². The number of hydrogen-bond donors (Lipinski definition) is 7. The van der Waals surface area contributed by atoms with E-state index in [1.54, 1.807) is 12.4 Å².